The van der Waals surface area contributed by atoms with E-state index in [1.54, 1.807) is 12.4 Å². The summed E-state index contributed by atoms with van der Waals surface area (Å²) >= 11 is 5.75. The molecule has 2 aromatic rings. The number of hydrogen-bond donors (Lipinski definition) is 1. The third-order valence-corrected chi connectivity index (χ3v) is 2.48. The van der Waals surface area contributed by atoms with Crippen LogP contribution in [0, 0.1) is 0 Å². The van der Waals surface area contributed by atoms with Crippen LogP contribution in [0.5, 0.6) is 0 Å². The van der Waals surface area contributed by atoms with Crippen LogP contribution >= 0.6 is 11.6 Å². The summed E-state index contributed by atoms with van der Waals surface area (Å²) in [6, 6.07) is 3.88. The molecule has 2 aromatic heterocycles. The SMILES string of the molecule is CN(Cc1ccncc1)c1nc(Cl)ncc1N. The van der Waals surface area contributed by atoms with Crippen molar-refractivity contribution in [3.05, 3.63) is 41.6 Å². The van der Waals surface area contributed by atoms with Crippen LogP contribution < -0.4 is 10.6 Å². The minimum absolute atomic E-state index is 0.191. The first kappa shape index (κ1) is 11.6. The van der Waals surface area contributed by atoms with E-state index in [1.807, 2.05) is 24.1 Å². The Kier molecular flexibility index (Phi) is 3.39. The normalized spacial score (nSPS) is 10.2. The average molecular weight is 250 g/mol. The molecule has 0 spiro atoms. The summed E-state index contributed by atoms with van der Waals surface area (Å²) in [4.78, 5) is 13.8. The molecule has 0 bridgehead atoms. The van der Waals surface area contributed by atoms with Crippen LogP contribution in [0.15, 0.2) is 30.7 Å². The summed E-state index contributed by atoms with van der Waals surface area (Å²) in [6.07, 6.45) is 5.01. The van der Waals surface area contributed by atoms with E-state index in [4.69, 9.17) is 17.3 Å². The third-order valence-electron chi connectivity index (χ3n) is 2.30. The molecule has 2 rings (SSSR count). The molecule has 0 amide bonds. The average Bonchev–Trinajstić information content (AvgIpc) is 2.33. The van der Waals surface area contributed by atoms with Crippen molar-refractivity contribution in [2.24, 2.45) is 0 Å². The zero-order chi connectivity index (χ0) is 12.3. The number of anilines is 2. The first-order valence-corrected chi connectivity index (χ1v) is 5.42. The van der Waals surface area contributed by atoms with Crippen LogP contribution in [0.3, 0.4) is 0 Å². The first-order valence-electron chi connectivity index (χ1n) is 5.05. The van der Waals surface area contributed by atoms with E-state index >= 15 is 0 Å². The summed E-state index contributed by atoms with van der Waals surface area (Å²) in [5, 5.41) is 0.191. The highest BCUT2D eigenvalue weighted by atomic mass is 35.5. The minimum Gasteiger partial charge on any atom is -0.394 e. The Bertz CT molecular complexity index is 502. The Morgan fingerprint density at radius 1 is 1.35 bits per heavy atom. The van der Waals surface area contributed by atoms with Gasteiger partial charge in [0.25, 0.3) is 0 Å². The van der Waals surface area contributed by atoms with Crippen LogP contribution in [0.25, 0.3) is 0 Å². The summed E-state index contributed by atoms with van der Waals surface area (Å²) in [5.74, 6) is 0.627. The van der Waals surface area contributed by atoms with Gasteiger partial charge in [0.05, 0.1) is 11.9 Å². The maximum atomic E-state index is 5.81. The molecule has 0 aliphatic rings. The molecule has 88 valence electrons. The molecule has 0 aromatic carbocycles. The van der Waals surface area contributed by atoms with Crippen molar-refractivity contribution in [1.29, 1.82) is 0 Å². The van der Waals surface area contributed by atoms with Gasteiger partial charge in [-0.2, -0.15) is 4.98 Å². The highest BCUT2D eigenvalue weighted by Crippen LogP contribution is 2.21. The van der Waals surface area contributed by atoms with Crippen LogP contribution in [-0.2, 0) is 6.54 Å². The highest BCUT2D eigenvalue weighted by Gasteiger charge is 2.09. The quantitative estimate of drug-likeness (QED) is 0.840. The second-order valence-corrected chi connectivity index (χ2v) is 3.97. The Morgan fingerprint density at radius 2 is 2.06 bits per heavy atom. The van der Waals surface area contributed by atoms with Gasteiger partial charge >= 0.3 is 0 Å². The van der Waals surface area contributed by atoms with E-state index in [2.05, 4.69) is 15.0 Å². The van der Waals surface area contributed by atoms with Gasteiger partial charge in [-0.1, -0.05) is 0 Å². The Labute approximate surface area is 104 Å². The molecule has 0 saturated carbocycles. The number of pyridine rings is 1. The first-order chi connectivity index (χ1) is 8.16. The summed E-state index contributed by atoms with van der Waals surface area (Å²) in [7, 11) is 1.90. The van der Waals surface area contributed by atoms with Crippen molar-refractivity contribution in [2.45, 2.75) is 6.54 Å². The lowest BCUT2D eigenvalue weighted by Crippen LogP contribution is -2.19. The highest BCUT2D eigenvalue weighted by molar-refractivity contribution is 6.28. The fraction of sp³-hybridized carbons (Fsp3) is 0.182. The van der Waals surface area contributed by atoms with Gasteiger partial charge < -0.3 is 10.6 Å². The monoisotopic (exact) mass is 249 g/mol. The lowest BCUT2D eigenvalue weighted by molar-refractivity contribution is 0.891. The van der Waals surface area contributed by atoms with E-state index in [-0.39, 0.29) is 5.28 Å². The number of nitrogen functional groups attached to an aromatic ring is 1. The molecule has 0 saturated heterocycles. The van der Waals surface area contributed by atoms with Crippen LogP contribution in [0.1, 0.15) is 5.56 Å². The fourth-order valence-electron chi connectivity index (χ4n) is 1.50. The van der Waals surface area contributed by atoms with Gasteiger partial charge in [0, 0.05) is 26.0 Å². The fourth-order valence-corrected chi connectivity index (χ4v) is 1.63. The standard InChI is InChI=1S/C11H12ClN5/c1-17(7-8-2-4-14-5-3-8)10-9(13)6-15-11(12)16-10/h2-6H,7,13H2,1H3. The van der Waals surface area contributed by atoms with Crippen molar-refractivity contribution in [3.8, 4) is 0 Å². The molecule has 0 aliphatic heterocycles. The Hall–Kier alpha value is -1.88. The number of rotatable bonds is 3. The maximum Gasteiger partial charge on any atom is 0.224 e. The van der Waals surface area contributed by atoms with Gasteiger partial charge in [-0.3, -0.25) is 4.98 Å². The molecule has 2 heterocycles. The predicted molar refractivity (Wildman–Crippen MR) is 67.8 cm³/mol. The molecule has 0 fully saturated rings. The summed E-state index contributed by atoms with van der Waals surface area (Å²) < 4.78 is 0. The maximum absolute atomic E-state index is 5.81. The smallest absolute Gasteiger partial charge is 0.224 e. The third kappa shape index (κ3) is 2.82. The molecule has 5 nitrogen and oxygen atoms in total. The van der Waals surface area contributed by atoms with E-state index in [0.717, 1.165) is 5.56 Å². The van der Waals surface area contributed by atoms with E-state index in [9.17, 15) is 0 Å². The van der Waals surface area contributed by atoms with E-state index in [1.165, 1.54) is 6.20 Å². The van der Waals surface area contributed by atoms with Gasteiger partial charge in [-0.05, 0) is 29.3 Å². The summed E-state index contributed by atoms with van der Waals surface area (Å²) in [6.45, 7) is 0.681. The zero-order valence-electron chi connectivity index (χ0n) is 9.34. The molecule has 0 atom stereocenters. The largest absolute Gasteiger partial charge is 0.394 e. The van der Waals surface area contributed by atoms with Crippen LogP contribution in [0.2, 0.25) is 5.28 Å². The number of halogens is 1. The van der Waals surface area contributed by atoms with Gasteiger partial charge in [0.2, 0.25) is 5.28 Å². The van der Waals surface area contributed by atoms with Gasteiger partial charge in [0.15, 0.2) is 5.82 Å². The molecule has 2 N–H and O–H groups in total. The Balaban J connectivity index is 2.20. The molecule has 17 heavy (non-hydrogen) atoms. The molecule has 0 radical (unpaired) electrons. The molecule has 6 heteroatoms. The lowest BCUT2D eigenvalue weighted by atomic mass is 10.2. The van der Waals surface area contributed by atoms with Crippen LogP contribution in [0.4, 0.5) is 11.5 Å². The van der Waals surface area contributed by atoms with Gasteiger partial charge in [0.1, 0.15) is 0 Å². The lowest BCUT2D eigenvalue weighted by Gasteiger charge is -2.19. The molecule has 0 unspecified atom stereocenters. The Morgan fingerprint density at radius 3 is 2.76 bits per heavy atom. The van der Waals surface area contributed by atoms with Gasteiger partial charge in [-0.25, -0.2) is 4.98 Å². The summed E-state index contributed by atoms with van der Waals surface area (Å²) in [5.41, 5.74) is 7.43. The van der Waals surface area contributed by atoms with Crippen molar-refractivity contribution in [1.82, 2.24) is 15.0 Å². The molecular formula is C11H12ClN5. The van der Waals surface area contributed by atoms with Crippen molar-refractivity contribution < 1.29 is 0 Å². The second kappa shape index (κ2) is 4.97. The topological polar surface area (TPSA) is 67.9 Å². The predicted octanol–water partition coefficient (Wildman–Crippen LogP) is 1.74. The molecular weight excluding hydrogens is 238 g/mol. The number of nitrogens with two attached hydrogens (primary N) is 1. The van der Waals surface area contributed by atoms with E-state index < -0.39 is 0 Å². The second-order valence-electron chi connectivity index (χ2n) is 3.63. The van der Waals surface area contributed by atoms with E-state index in [0.29, 0.717) is 18.1 Å². The number of hydrogen-bond acceptors (Lipinski definition) is 5. The van der Waals surface area contributed by atoms with Crippen LogP contribution in [-0.4, -0.2) is 22.0 Å². The van der Waals surface area contributed by atoms with Crippen molar-refractivity contribution in [3.63, 3.8) is 0 Å². The van der Waals surface area contributed by atoms with Crippen molar-refractivity contribution >= 4 is 23.1 Å². The number of nitrogens with zero attached hydrogens (tertiary/aromatic N) is 4. The van der Waals surface area contributed by atoms with Gasteiger partial charge in [-0.15, -0.1) is 0 Å². The zero-order valence-corrected chi connectivity index (χ0v) is 10.1. The van der Waals surface area contributed by atoms with Crippen molar-refractivity contribution in [2.75, 3.05) is 17.7 Å². The molecule has 0 aliphatic carbocycles. The minimum atomic E-state index is 0.191. The number of aromatic nitrogens is 3.